The average Bonchev–Trinajstić information content (AvgIpc) is 2.26. The molecule has 1 atom stereocenters. The van der Waals surface area contributed by atoms with Crippen LogP contribution in [0.5, 0.6) is 0 Å². The topological polar surface area (TPSA) is 26.3 Å². The second kappa shape index (κ2) is 5.71. The van der Waals surface area contributed by atoms with Gasteiger partial charge in [-0.3, -0.25) is 0 Å². The van der Waals surface area contributed by atoms with Crippen molar-refractivity contribution in [1.29, 1.82) is 0 Å². The predicted octanol–water partition coefficient (Wildman–Crippen LogP) is 3.03. The first-order chi connectivity index (χ1) is 7.15. The van der Waals surface area contributed by atoms with Crippen LogP contribution in [0.3, 0.4) is 0 Å². The Morgan fingerprint density at radius 1 is 1.40 bits per heavy atom. The molecule has 80 valence electrons. The van der Waals surface area contributed by atoms with E-state index in [9.17, 15) is 4.79 Å². The minimum atomic E-state index is -0.303. The molecule has 0 N–H and O–H groups in total. The van der Waals surface area contributed by atoms with Gasteiger partial charge in [0.2, 0.25) is 0 Å². The molecule has 2 nitrogen and oxygen atoms in total. The zero-order chi connectivity index (χ0) is 11.3. The van der Waals surface area contributed by atoms with Crippen molar-refractivity contribution in [2.45, 2.75) is 11.8 Å². The van der Waals surface area contributed by atoms with Gasteiger partial charge in [0.05, 0.1) is 12.7 Å². The number of hydrogen-bond acceptors (Lipinski definition) is 2. The summed E-state index contributed by atoms with van der Waals surface area (Å²) >= 11 is 3.37. The van der Waals surface area contributed by atoms with Gasteiger partial charge in [-0.1, -0.05) is 46.3 Å². The Balaban J connectivity index is 3.00. The maximum absolute atomic E-state index is 11.4. The second-order valence-corrected chi connectivity index (χ2v) is 4.49. The first-order valence-electron chi connectivity index (χ1n) is 4.64. The van der Waals surface area contributed by atoms with E-state index in [2.05, 4.69) is 15.9 Å². The molecule has 0 fully saturated rings. The van der Waals surface area contributed by atoms with E-state index in [1.54, 1.807) is 0 Å². The molecule has 1 unspecified atom stereocenters. The fraction of sp³-hybridized carbons (Fsp3) is 0.250. The van der Waals surface area contributed by atoms with E-state index in [1.807, 2.05) is 43.3 Å². The van der Waals surface area contributed by atoms with Crippen molar-refractivity contribution in [3.8, 4) is 0 Å². The summed E-state index contributed by atoms with van der Waals surface area (Å²) in [7, 11) is 1.39. The number of alkyl halides is 1. The Kier molecular flexibility index (Phi) is 4.56. The van der Waals surface area contributed by atoms with Crippen LogP contribution in [-0.4, -0.2) is 17.9 Å². The maximum atomic E-state index is 11.4. The summed E-state index contributed by atoms with van der Waals surface area (Å²) in [6.45, 7) is 1.89. The lowest BCUT2D eigenvalue weighted by Crippen LogP contribution is -2.11. The Morgan fingerprint density at radius 3 is 2.47 bits per heavy atom. The van der Waals surface area contributed by atoms with E-state index < -0.39 is 0 Å². The molecule has 0 aliphatic heterocycles. The molecule has 3 heteroatoms. The minimum Gasteiger partial charge on any atom is -0.466 e. The zero-order valence-corrected chi connectivity index (χ0v) is 10.3. The van der Waals surface area contributed by atoms with Gasteiger partial charge in [0.15, 0.2) is 0 Å². The van der Waals surface area contributed by atoms with Crippen LogP contribution in [0.2, 0.25) is 0 Å². The SMILES string of the molecule is COC(=O)C(=Cc1ccccc1)C(C)Br. The molecular weight excluding hydrogens is 256 g/mol. The van der Waals surface area contributed by atoms with Crippen LogP contribution in [0.25, 0.3) is 6.08 Å². The summed E-state index contributed by atoms with van der Waals surface area (Å²) in [6.07, 6.45) is 1.82. The number of ether oxygens (including phenoxy) is 1. The van der Waals surface area contributed by atoms with Crippen molar-refractivity contribution in [2.24, 2.45) is 0 Å². The van der Waals surface area contributed by atoms with E-state index >= 15 is 0 Å². The molecule has 0 radical (unpaired) electrons. The van der Waals surface area contributed by atoms with E-state index in [1.165, 1.54) is 7.11 Å². The molecule has 0 spiro atoms. The molecule has 0 amide bonds. The van der Waals surface area contributed by atoms with Crippen molar-refractivity contribution >= 4 is 28.0 Å². The van der Waals surface area contributed by atoms with Crippen molar-refractivity contribution in [3.05, 3.63) is 41.5 Å². The Morgan fingerprint density at radius 2 is 2.00 bits per heavy atom. The summed E-state index contributed by atoms with van der Waals surface area (Å²) in [5.74, 6) is -0.303. The van der Waals surface area contributed by atoms with Crippen molar-refractivity contribution in [3.63, 3.8) is 0 Å². The molecule has 0 saturated carbocycles. The highest BCUT2D eigenvalue weighted by molar-refractivity contribution is 9.09. The van der Waals surface area contributed by atoms with Gasteiger partial charge in [-0.2, -0.15) is 0 Å². The third-order valence-corrected chi connectivity index (χ3v) is 2.46. The van der Waals surface area contributed by atoms with E-state index in [-0.39, 0.29) is 10.8 Å². The second-order valence-electron chi connectivity index (χ2n) is 3.12. The summed E-state index contributed by atoms with van der Waals surface area (Å²) in [5, 5.41) is 0. The van der Waals surface area contributed by atoms with Crippen LogP contribution in [0, 0.1) is 0 Å². The normalized spacial score (nSPS) is 13.4. The summed E-state index contributed by atoms with van der Waals surface area (Å²) in [6, 6.07) is 9.68. The lowest BCUT2D eigenvalue weighted by atomic mass is 10.1. The van der Waals surface area contributed by atoms with Gasteiger partial charge in [-0.25, -0.2) is 4.79 Å². The summed E-state index contributed by atoms with van der Waals surface area (Å²) in [4.78, 5) is 11.4. The summed E-state index contributed by atoms with van der Waals surface area (Å²) in [5.41, 5.74) is 1.60. The van der Waals surface area contributed by atoms with Crippen LogP contribution in [0.1, 0.15) is 12.5 Å². The van der Waals surface area contributed by atoms with Crippen molar-refractivity contribution in [1.82, 2.24) is 0 Å². The standard InChI is InChI=1S/C12H13BrO2/c1-9(13)11(12(14)15-2)8-10-6-4-3-5-7-10/h3-9H,1-2H3. The smallest absolute Gasteiger partial charge is 0.334 e. The molecule has 0 aliphatic rings. The van der Waals surface area contributed by atoms with Gasteiger partial charge in [-0.15, -0.1) is 0 Å². The Bertz CT molecular complexity index is 355. The number of esters is 1. The maximum Gasteiger partial charge on any atom is 0.334 e. The predicted molar refractivity (Wildman–Crippen MR) is 64.8 cm³/mol. The monoisotopic (exact) mass is 268 g/mol. The molecule has 1 aromatic rings. The number of methoxy groups -OCH3 is 1. The van der Waals surface area contributed by atoms with Gasteiger partial charge in [-0.05, 0) is 18.6 Å². The highest BCUT2D eigenvalue weighted by atomic mass is 79.9. The molecule has 1 aromatic carbocycles. The molecule has 0 saturated heterocycles. The molecule has 15 heavy (non-hydrogen) atoms. The van der Waals surface area contributed by atoms with Crippen LogP contribution >= 0.6 is 15.9 Å². The largest absolute Gasteiger partial charge is 0.466 e. The van der Waals surface area contributed by atoms with Gasteiger partial charge >= 0.3 is 5.97 Å². The summed E-state index contributed by atoms with van der Waals surface area (Å²) < 4.78 is 4.71. The first-order valence-corrected chi connectivity index (χ1v) is 5.55. The zero-order valence-electron chi connectivity index (χ0n) is 8.74. The fourth-order valence-electron chi connectivity index (χ4n) is 1.18. The quantitative estimate of drug-likeness (QED) is 0.479. The molecular formula is C12H13BrO2. The highest BCUT2D eigenvalue weighted by Gasteiger charge is 2.14. The number of halogens is 1. The number of benzene rings is 1. The van der Waals surface area contributed by atoms with Crippen LogP contribution in [0.4, 0.5) is 0 Å². The van der Waals surface area contributed by atoms with E-state index in [0.29, 0.717) is 5.57 Å². The van der Waals surface area contributed by atoms with Crippen molar-refractivity contribution in [2.75, 3.05) is 7.11 Å². The number of rotatable bonds is 3. The average molecular weight is 269 g/mol. The van der Waals surface area contributed by atoms with Gasteiger partial charge in [0.1, 0.15) is 0 Å². The van der Waals surface area contributed by atoms with Gasteiger partial charge in [0.25, 0.3) is 0 Å². The minimum absolute atomic E-state index is 0.0230. The van der Waals surface area contributed by atoms with E-state index in [0.717, 1.165) is 5.56 Å². The third-order valence-electron chi connectivity index (χ3n) is 1.97. The molecule has 0 aromatic heterocycles. The fourth-order valence-corrected chi connectivity index (χ4v) is 1.50. The third kappa shape index (κ3) is 3.51. The highest BCUT2D eigenvalue weighted by Crippen LogP contribution is 2.17. The number of carbonyl (C=O) groups is 1. The van der Waals surface area contributed by atoms with Crippen LogP contribution in [-0.2, 0) is 9.53 Å². The van der Waals surface area contributed by atoms with Crippen LogP contribution in [0.15, 0.2) is 35.9 Å². The van der Waals surface area contributed by atoms with Gasteiger partial charge in [0, 0.05) is 4.83 Å². The molecule has 0 aliphatic carbocycles. The van der Waals surface area contributed by atoms with Crippen LogP contribution < -0.4 is 0 Å². The lowest BCUT2D eigenvalue weighted by molar-refractivity contribution is -0.136. The molecule has 1 rings (SSSR count). The molecule has 0 heterocycles. The lowest BCUT2D eigenvalue weighted by Gasteiger charge is -2.07. The van der Waals surface area contributed by atoms with Crippen molar-refractivity contribution < 1.29 is 9.53 Å². The van der Waals surface area contributed by atoms with Gasteiger partial charge < -0.3 is 4.74 Å². The molecule has 0 bridgehead atoms. The van der Waals surface area contributed by atoms with E-state index in [4.69, 9.17) is 4.74 Å². The Labute approximate surface area is 98.1 Å². The first kappa shape index (κ1) is 12.0. The number of carbonyl (C=O) groups excluding carboxylic acids is 1. The number of hydrogen-bond donors (Lipinski definition) is 0. The Hall–Kier alpha value is -1.09.